The molecule has 0 saturated carbocycles. The van der Waals surface area contributed by atoms with Crippen LogP contribution in [0.3, 0.4) is 0 Å². The third kappa shape index (κ3) is 4.65. The minimum atomic E-state index is 0.251. The molecule has 0 atom stereocenters. The molecule has 0 heterocycles. The molecule has 3 nitrogen and oxygen atoms in total. The van der Waals surface area contributed by atoms with Gasteiger partial charge in [-0.2, -0.15) is 0 Å². The van der Waals surface area contributed by atoms with Crippen molar-refractivity contribution in [2.45, 2.75) is 13.8 Å². The van der Waals surface area contributed by atoms with Gasteiger partial charge in [0, 0.05) is 12.2 Å². The van der Waals surface area contributed by atoms with Crippen LogP contribution in [-0.4, -0.2) is 16.8 Å². The highest BCUT2D eigenvalue weighted by molar-refractivity contribution is 7.80. The molecule has 1 rings (SSSR count). The molecule has 0 spiro atoms. The zero-order chi connectivity index (χ0) is 11.3. The molecule has 0 aliphatic rings. The van der Waals surface area contributed by atoms with Crippen LogP contribution in [-0.2, 0) is 0 Å². The Morgan fingerprint density at radius 2 is 1.93 bits per heavy atom. The lowest BCUT2D eigenvalue weighted by molar-refractivity contribution is 0.475. The molecule has 0 amide bonds. The van der Waals surface area contributed by atoms with Crippen molar-refractivity contribution < 1.29 is 5.11 Å². The van der Waals surface area contributed by atoms with Crippen molar-refractivity contribution in [1.82, 2.24) is 5.32 Å². The highest BCUT2D eigenvalue weighted by Crippen LogP contribution is 2.13. The maximum absolute atomic E-state index is 9.09. The molecule has 0 aliphatic heterocycles. The molecule has 82 valence electrons. The summed E-state index contributed by atoms with van der Waals surface area (Å²) < 4.78 is 0. The van der Waals surface area contributed by atoms with E-state index in [1.165, 1.54) is 0 Å². The van der Waals surface area contributed by atoms with E-state index in [2.05, 4.69) is 24.5 Å². The van der Waals surface area contributed by atoms with Gasteiger partial charge in [-0.25, -0.2) is 0 Å². The van der Waals surface area contributed by atoms with Crippen LogP contribution in [0.4, 0.5) is 5.69 Å². The van der Waals surface area contributed by atoms with Gasteiger partial charge in [-0.3, -0.25) is 0 Å². The minimum Gasteiger partial charge on any atom is -0.508 e. The smallest absolute Gasteiger partial charge is 0.170 e. The van der Waals surface area contributed by atoms with Gasteiger partial charge in [0.05, 0.1) is 0 Å². The number of nitrogens with one attached hydrogen (secondary N) is 2. The van der Waals surface area contributed by atoms with Crippen molar-refractivity contribution in [2.75, 3.05) is 11.9 Å². The van der Waals surface area contributed by atoms with E-state index in [0.717, 1.165) is 12.2 Å². The zero-order valence-corrected chi connectivity index (χ0v) is 9.77. The summed E-state index contributed by atoms with van der Waals surface area (Å²) in [4.78, 5) is 0. The van der Waals surface area contributed by atoms with Crippen molar-refractivity contribution in [1.29, 1.82) is 0 Å². The number of hydrogen-bond donors (Lipinski definition) is 3. The molecule has 0 unspecified atom stereocenters. The molecular formula is C11H16N2OS. The summed E-state index contributed by atoms with van der Waals surface area (Å²) in [5.74, 6) is 0.811. The topological polar surface area (TPSA) is 44.3 Å². The highest BCUT2D eigenvalue weighted by atomic mass is 32.1. The van der Waals surface area contributed by atoms with Crippen LogP contribution in [0.15, 0.2) is 24.3 Å². The molecule has 3 N–H and O–H groups in total. The summed E-state index contributed by atoms with van der Waals surface area (Å²) >= 11 is 5.10. The lowest BCUT2D eigenvalue weighted by Crippen LogP contribution is -2.31. The van der Waals surface area contributed by atoms with E-state index in [-0.39, 0.29) is 5.75 Å². The normalized spacial score (nSPS) is 10.1. The van der Waals surface area contributed by atoms with Crippen LogP contribution >= 0.6 is 12.2 Å². The minimum absolute atomic E-state index is 0.251. The third-order valence-electron chi connectivity index (χ3n) is 1.80. The summed E-state index contributed by atoms with van der Waals surface area (Å²) in [5, 5.41) is 15.8. The van der Waals surface area contributed by atoms with Gasteiger partial charge in [0.25, 0.3) is 0 Å². The van der Waals surface area contributed by atoms with Crippen LogP contribution in [0.2, 0.25) is 0 Å². The number of thiocarbonyl (C=S) groups is 1. The summed E-state index contributed by atoms with van der Waals surface area (Å²) in [6, 6.07) is 6.79. The van der Waals surface area contributed by atoms with Crippen LogP contribution in [0.25, 0.3) is 0 Å². The average molecular weight is 224 g/mol. The lowest BCUT2D eigenvalue weighted by atomic mass is 10.2. The van der Waals surface area contributed by atoms with Crippen molar-refractivity contribution in [3.8, 4) is 5.75 Å². The van der Waals surface area contributed by atoms with Crippen molar-refractivity contribution >= 4 is 23.0 Å². The maximum atomic E-state index is 9.09. The van der Waals surface area contributed by atoms with Crippen LogP contribution in [0.5, 0.6) is 5.75 Å². The van der Waals surface area contributed by atoms with E-state index in [4.69, 9.17) is 17.3 Å². The van der Waals surface area contributed by atoms with Gasteiger partial charge >= 0.3 is 0 Å². The Kier molecular flexibility index (Phi) is 4.37. The fourth-order valence-corrected chi connectivity index (χ4v) is 1.22. The van der Waals surface area contributed by atoms with Gasteiger partial charge < -0.3 is 15.7 Å². The number of benzene rings is 1. The van der Waals surface area contributed by atoms with Crippen molar-refractivity contribution in [3.63, 3.8) is 0 Å². The molecule has 4 heteroatoms. The molecule has 0 aliphatic carbocycles. The van der Waals surface area contributed by atoms with Gasteiger partial charge in [0.15, 0.2) is 5.11 Å². The Balaban J connectivity index is 2.41. The summed E-state index contributed by atoms with van der Waals surface area (Å²) in [6.07, 6.45) is 0. The Labute approximate surface area is 95.5 Å². The van der Waals surface area contributed by atoms with Gasteiger partial charge in [-0.15, -0.1) is 0 Å². The Hall–Kier alpha value is -1.29. The molecule has 0 saturated heterocycles. The average Bonchev–Trinajstić information content (AvgIpc) is 2.19. The van der Waals surface area contributed by atoms with Gasteiger partial charge in [-0.1, -0.05) is 13.8 Å². The number of aromatic hydroxyl groups is 1. The maximum Gasteiger partial charge on any atom is 0.170 e. The van der Waals surface area contributed by atoms with E-state index in [1.54, 1.807) is 24.3 Å². The molecule has 1 aromatic carbocycles. The van der Waals surface area contributed by atoms with Crippen molar-refractivity contribution in [3.05, 3.63) is 24.3 Å². The number of anilines is 1. The SMILES string of the molecule is CC(C)CNC(=S)Nc1ccc(O)cc1. The van der Waals surface area contributed by atoms with Crippen LogP contribution in [0, 0.1) is 5.92 Å². The van der Waals surface area contributed by atoms with Crippen molar-refractivity contribution in [2.24, 2.45) is 5.92 Å². The predicted molar refractivity (Wildman–Crippen MR) is 67.2 cm³/mol. The number of phenols is 1. The van der Waals surface area contributed by atoms with E-state index in [0.29, 0.717) is 11.0 Å². The van der Waals surface area contributed by atoms with Gasteiger partial charge in [-0.05, 0) is 42.4 Å². The molecule has 0 aromatic heterocycles. The highest BCUT2D eigenvalue weighted by Gasteiger charge is 1.98. The number of phenolic OH excluding ortho intramolecular Hbond substituents is 1. The molecule has 1 aromatic rings. The summed E-state index contributed by atoms with van der Waals surface area (Å²) in [6.45, 7) is 5.09. The van der Waals surface area contributed by atoms with Crippen LogP contribution < -0.4 is 10.6 Å². The summed E-state index contributed by atoms with van der Waals surface area (Å²) in [5.41, 5.74) is 0.869. The molecule has 15 heavy (non-hydrogen) atoms. The quantitative estimate of drug-likeness (QED) is 0.544. The second-order valence-electron chi connectivity index (χ2n) is 3.78. The zero-order valence-electron chi connectivity index (χ0n) is 8.95. The first-order chi connectivity index (χ1) is 7.08. The second kappa shape index (κ2) is 5.56. The third-order valence-corrected chi connectivity index (χ3v) is 2.04. The predicted octanol–water partition coefficient (Wildman–Crippen LogP) is 2.33. The van der Waals surface area contributed by atoms with E-state index in [9.17, 15) is 0 Å². The van der Waals surface area contributed by atoms with Gasteiger partial charge in [0.2, 0.25) is 0 Å². The first-order valence-corrected chi connectivity index (χ1v) is 5.32. The Morgan fingerprint density at radius 3 is 2.47 bits per heavy atom. The lowest BCUT2D eigenvalue weighted by Gasteiger charge is -2.11. The second-order valence-corrected chi connectivity index (χ2v) is 4.18. The molecular weight excluding hydrogens is 208 g/mol. The fourth-order valence-electron chi connectivity index (χ4n) is 1.02. The van der Waals surface area contributed by atoms with E-state index >= 15 is 0 Å². The molecule has 0 bridgehead atoms. The van der Waals surface area contributed by atoms with Gasteiger partial charge in [0.1, 0.15) is 5.75 Å². The monoisotopic (exact) mass is 224 g/mol. The standard InChI is InChI=1S/C11H16N2OS/c1-8(2)7-12-11(15)13-9-3-5-10(14)6-4-9/h3-6,8,14H,7H2,1-2H3,(H2,12,13,15). The Morgan fingerprint density at radius 1 is 1.33 bits per heavy atom. The molecule has 0 radical (unpaired) electrons. The largest absolute Gasteiger partial charge is 0.508 e. The van der Waals surface area contributed by atoms with Crippen LogP contribution in [0.1, 0.15) is 13.8 Å². The first-order valence-electron chi connectivity index (χ1n) is 4.92. The van der Waals surface area contributed by atoms with E-state index < -0.39 is 0 Å². The molecule has 0 fully saturated rings. The number of hydrogen-bond acceptors (Lipinski definition) is 2. The Bertz CT molecular complexity index is 322. The first kappa shape index (κ1) is 11.8. The number of rotatable bonds is 3. The van der Waals surface area contributed by atoms with E-state index in [1.807, 2.05) is 0 Å². The fraction of sp³-hybridized carbons (Fsp3) is 0.364. The summed E-state index contributed by atoms with van der Waals surface area (Å²) in [7, 11) is 0.